The molecule has 0 aromatic heterocycles. The fraction of sp³-hybridized carbons (Fsp3) is 0.800. The summed E-state index contributed by atoms with van der Waals surface area (Å²) in [5.41, 5.74) is 0. The molecule has 10 heavy (non-hydrogen) atoms. The van der Waals surface area contributed by atoms with Crippen LogP contribution in [-0.2, 0) is 0 Å². The molecule has 0 bridgehead atoms. The van der Waals surface area contributed by atoms with Crippen molar-refractivity contribution in [2.45, 2.75) is 53.4 Å². The fourth-order valence-corrected chi connectivity index (χ4v) is 0.760. The number of hydrogen-bond acceptors (Lipinski definition) is 0. The molecule has 0 atom stereocenters. The first kappa shape index (κ1) is 12.4. The van der Waals surface area contributed by atoms with Gasteiger partial charge in [-0.2, -0.15) is 0 Å². The molecule has 0 radical (unpaired) electrons. The normalized spacial score (nSPS) is 14.0. The molecule has 0 N–H and O–H groups in total. The van der Waals surface area contributed by atoms with Crippen molar-refractivity contribution in [2.75, 3.05) is 0 Å². The van der Waals surface area contributed by atoms with E-state index in [0.29, 0.717) is 0 Å². The van der Waals surface area contributed by atoms with E-state index in [4.69, 9.17) is 0 Å². The SMILES string of the molecule is C1=CCCCC1.CC.CC. The summed E-state index contributed by atoms with van der Waals surface area (Å²) >= 11 is 0. The van der Waals surface area contributed by atoms with Gasteiger partial charge in [0, 0.05) is 0 Å². The molecule has 1 aliphatic carbocycles. The number of allylic oxidation sites excluding steroid dienone is 2. The van der Waals surface area contributed by atoms with E-state index in [-0.39, 0.29) is 0 Å². The average molecular weight is 142 g/mol. The Bertz CT molecular complexity index is 45.1. The topological polar surface area (TPSA) is 0 Å². The van der Waals surface area contributed by atoms with Gasteiger partial charge in [0.1, 0.15) is 0 Å². The van der Waals surface area contributed by atoms with Crippen LogP contribution in [0.2, 0.25) is 0 Å². The van der Waals surface area contributed by atoms with Crippen LogP contribution in [0.1, 0.15) is 53.4 Å². The lowest BCUT2D eigenvalue weighted by Crippen LogP contribution is -1.77. The molecule has 0 nitrogen and oxygen atoms in total. The minimum absolute atomic E-state index is 1.32. The Kier molecular flexibility index (Phi) is 19.7. The van der Waals surface area contributed by atoms with Crippen LogP contribution in [0, 0.1) is 0 Å². The summed E-state index contributed by atoms with van der Waals surface area (Å²) in [7, 11) is 0. The van der Waals surface area contributed by atoms with E-state index in [2.05, 4.69) is 12.2 Å². The van der Waals surface area contributed by atoms with Gasteiger partial charge in [-0.15, -0.1) is 0 Å². The van der Waals surface area contributed by atoms with E-state index in [1.807, 2.05) is 27.7 Å². The standard InChI is InChI=1S/C6H10.2C2H6/c1-2-4-6-5-3-1;2*1-2/h1-2H,3-6H2;2*1-2H3. The number of rotatable bonds is 0. The van der Waals surface area contributed by atoms with Gasteiger partial charge in [0.15, 0.2) is 0 Å². The van der Waals surface area contributed by atoms with E-state index < -0.39 is 0 Å². The van der Waals surface area contributed by atoms with Crippen LogP contribution < -0.4 is 0 Å². The van der Waals surface area contributed by atoms with Gasteiger partial charge in [0.2, 0.25) is 0 Å². The summed E-state index contributed by atoms with van der Waals surface area (Å²) < 4.78 is 0. The average Bonchev–Trinajstić information content (AvgIpc) is 2.14. The highest BCUT2D eigenvalue weighted by atomic mass is 13.9. The zero-order valence-electron chi connectivity index (χ0n) is 7.98. The van der Waals surface area contributed by atoms with Crippen LogP contribution in [0.3, 0.4) is 0 Å². The molecule has 0 aliphatic heterocycles. The van der Waals surface area contributed by atoms with Crippen molar-refractivity contribution in [1.29, 1.82) is 0 Å². The lowest BCUT2D eigenvalue weighted by atomic mass is 10.1. The molecule has 0 aromatic carbocycles. The first-order valence-corrected chi connectivity index (χ1v) is 4.65. The monoisotopic (exact) mass is 142 g/mol. The molecule has 0 heterocycles. The third kappa shape index (κ3) is 10.7. The molecule has 0 aromatic rings. The highest BCUT2D eigenvalue weighted by Gasteiger charge is 1.87. The predicted molar refractivity (Wildman–Crippen MR) is 50.3 cm³/mol. The van der Waals surface area contributed by atoms with Crippen LogP contribution in [0.5, 0.6) is 0 Å². The van der Waals surface area contributed by atoms with Gasteiger partial charge in [-0.3, -0.25) is 0 Å². The molecule has 0 fully saturated rings. The van der Waals surface area contributed by atoms with Gasteiger partial charge in [-0.1, -0.05) is 39.8 Å². The lowest BCUT2D eigenvalue weighted by molar-refractivity contribution is 0.730. The summed E-state index contributed by atoms with van der Waals surface area (Å²) in [4.78, 5) is 0. The quantitative estimate of drug-likeness (QED) is 0.445. The molecule has 0 amide bonds. The summed E-state index contributed by atoms with van der Waals surface area (Å²) in [6, 6.07) is 0. The van der Waals surface area contributed by atoms with E-state index >= 15 is 0 Å². The molecule has 1 aliphatic rings. The Hall–Kier alpha value is -0.260. The van der Waals surface area contributed by atoms with E-state index in [1.165, 1.54) is 25.7 Å². The molecule has 0 saturated carbocycles. The van der Waals surface area contributed by atoms with Crippen molar-refractivity contribution in [3.8, 4) is 0 Å². The summed E-state index contributed by atoms with van der Waals surface area (Å²) in [5, 5.41) is 0. The molecule has 62 valence electrons. The van der Waals surface area contributed by atoms with Crippen molar-refractivity contribution < 1.29 is 0 Å². The Balaban J connectivity index is 0. The van der Waals surface area contributed by atoms with Crippen LogP contribution >= 0.6 is 0 Å². The highest BCUT2D eigenvalue weighted by Crippen LogP contribution is 2.07. The first-order valence-electron chi connectivity index (χ1n) is 4.65. The molecule has 0 saturated heterocycles. The Morgan fingerprint density at radius 1 is 0.700 bits per heavy atom. The van der Waals surface area contributed by atoms with Crippen molar-refractivity contribution >= 4 is 0 Å². The van der Waals surface area contributed by atoms with Gasteiger partial charge in [0.25, 0.3) is 0 Å². The van der Waals surface area contributed by atoms with Gasteiger partial charge in [-0.05, 0) is 25.7 Å². The Labute approximate surface area is 66.3 Å². The number of hydrogen-bond donors (Lipinski definition) is 0. The maximum absolute atomic E-state index is 2.27. The largest absolute Gasteiger partial charge is 0.0885 e. The maximum Gasteiger partial charge on any atom is -0.0351 e. The Morgan fingerprint density at radius 3 is 1.10 bits per heavy atom. The van der Waals surface area contributed by atoms with Crippen molar-refractivity contribution in [3.05, 3.63) is 12.2 Å². The second-order valence-electron chi connectivity index (χ2n) is 1.76. The van der Waals surface area contributed by atoms with Crippen molar-refractivity contribution in [3.63, 3.8) is 0 Å². The minimum atomic E-state index is 1.32. The highest BCUT2D eigenvalue weighted by molar-refractivity contribution is 4.85. The molecule has 0 spiro atoms. The third-order valence-corrected chi connectivity index (χ3v) is 1.16. The van der Waals surface area contributed by atoms with E-state index in [1.54, 1.807) is 0 Å². The molecular formula is C10H22. The van der Waals surface area contributed by atoms with Crippen LogP contribution in [0.4, 0.5) is 0 Å². The first-order chi connectivity index (χ1) is 5.00. The Morgan fingerprint density at radius 2 is 1.00 bits per heavy atom. The third-order valence-electron chi connectivity index (χ3n) is 1.16. The molecule has 1 rings (SSSR count). The van der Waals surface area contributed by atoms with Gasteiger partial charge in [0.05, 0.1) is 0 Å². The van der Waals surface area contributed by atoms with Crippen molar-refractivity contribution in [1.82, 2.24) is 0 Å². The zero-order chi connectivity index (χ0) is 8.24. The van der Waals surface area contributed by atoms with Crippen molar-refractivity contribution in [2.24, 2.45) is 0 Å². The van der Waals surface area contributed by atoms with Crippen LogP contribution in [-0.4, -0.2) is 0 Å². The summed E-state index contributed by atoms with van der Waals surface area (Å²) in [6.45, 7) is 8.00. The second-order valence-corrected chi connectivity index (χ2v) is 1.76. The second kappa shape index (κ2) is 15.9. The maximum atomic E-state index is 2.27. The summed E-state index contributed by atoms with van der Waals surface area (Å²) in [6.07, 6.45) is 10.0. The van der Waals surface area contributed by atoms with Gasteiger partial charge >= 0.3 is 0 Å². The van der Waals surface area contributed by atoms with Gasteiger partial charge < -0.3 is 0 Å². The smallest absolute Gasteiger partial charge is 0.0351 e. The van der Waals surface area contributed by atoms with Crippen LogP contribution in [0.25, 0.3) is 0 Å². The summed E-state index contributed by atoms with van der Waals surface area (Å²) in [5.74, 6) is 0. The molecular weight excluding hydrogens is 120 g/mol. The predicted octanol–water partition coefficient (Wildman–Crippen LogP) is 4.17. The minimum Gasteiger partial charge on any atom is -0.0885 e. The van der Waals surface area contributed by atoms with Crippen LogP contribution in [0.15, 0.2) is 12.2 Å². The molecule has 0 unspecified atom stereocenters. The molecule has 0 heteroatoms. The van der Waals surface area contributed by atoms with Gasteiger partial charge in [-0.25, -0.2) is 0 Å². The van der Waals surface area contributed by atoms with E-state index in [9.17, 15) is 0 Å². The lowest BCUT2D eigenvalue weighted by Gasteiger charge is -1.97. The van der Waals surface area contributed by atoms with E-state index in [0.717, 1.165) is 0 Å². The fourth-order valence-electron chi connectivity index (χ4n) is 0.760. The zero-order valence-corrected chi connectivity index (χ0v) is 7.98.